The van der Waals surface area contributed by atoms with Gasteiger partial charge in [-0.3, -0.25) is 9.59 Å². The minimum atomic E-state index is -0.691. The zero-order valence-corrected chi connectivity index (χ0v) is 23.3. The number of amides is 2. The highest BCUT2D eigenvalue weighted by molar-refractivity contribution is 9.10. The van der Waals surface area contributed by atoms with E-state index in [1.54, 1.807) is 11.9 Å². The van der Waals surface area contributed by atoms with Crippen molar-refractivity contribution < 1.29 is 14.3 Å². The Kier molecular flexibility index (Phi) is 9.93. The number of nitrogens with one attached hydrogen (secondary N) is 1. The third-order valence-corrected chi connectivity index (χ3v) is 6.85. The summed E-state index contributed by atoms with van der Waals surface area (Å²) in [6, 6.07) is 22.6. The highest BCUT2D eigenvalue weighted by atomic mass is 79.9. The van der Waals surface area contributed by atoms with Crippen LogP contribution < -0.4 is 10.1 Å². The minimum Gasteiger partial charge on any atom is -0.483 e. The highest BCUT2D eigenvalue weighted by Crippen LogP contribution is 2.29. The topological polar surface area (TPSA) is 58.6 Å². The second-order valence-corrected chi connectivity index (χ2v) is 10.4. The quantitative estimate of drug-likeness (QED) is 0.305. The second-order valence-electron chi connectivity index (χ2n) is 8.60. The lowest BCUT2D eigenvalue weighted by atomic mass is 10.0. The van der Waals surface area contributed by atoms with E-state index >= 15 is 0 Å². The number of halogens is 2. The van der Waals surface area contributed by atoms with Gasteiger partial charge in [0.1, 0.15) is 11.8 Å². The Balaban J connectivity index is 1.87. The molecule has 0 saturated heterocycles. The minimum absolute atomic E-state index is 0.185. The molecule has 0 bridgehead atoms. The Bertz CT molecular complexity index is 1150. The monoisotopic (exact) mass is 600 g/mol. The predicted octanol–water partition coefficient (Wildman–Crippen LogP) is 6.10. The van der Waals surface area contributed by atoms with Crippen molar-refractivity contribution in [3.63, 3.8) is 0 Å². The van der Waals surface area contributed by atoms with E-state index < -0.39 is 6.04 Å². The molecule has 184 valence electrons. The Morgan fingerprint density at radius 3 is 2.29 bits per heavy atom. The van der Waals surface area contributed by atoms with Crippen LogP contribution >= 0.6 is 31.9 Å². The van der Waals surface area contributed by atoms with Crippen molar-refractivity contribution in [1.29, 1.82) is 0 Å². The lowest BCUT2D eigenvalue weighted by molar-refractivity contribution is -0.142. The summed E-state index contributed by atoms with van der Waals surface area (Å²) in [5.74, 6) is 0.479. The molecule has 35 heavy (non-hydrogen) atoms. The van der Waals surface area contributed by atoms with Crippen molar-refractivity contribution in [2.75, 3.05) is 13.7 Å². The summed E-state index contributed by atoms with van der Waals surface area (Å²) in [4.78, 5) is 28.1. The number of carbonyl (C=O) groups excluding carboxylic acids is 2. The summed E-state index contributed by atoms with van der Waals surface area (Å²) in [5, 5.41) is 2.73. The number of benzene rings is 3. The molecule has 0 aliphatic rings. The fourth-order valence-corrected chi connectivity index (χ4v) is 4.73. The molecule has 1 N–H and O–H groups in total. The van der Waals surface area contributed by atoms with Crippen molar-refractivity contribution in [2.24, 2.45) is 0 Å². The highest BCUT2D eigenvalue weighted by Gasteiger charge is 2.30. The van der Waals surface area contributed by atoms with Crippen molar-refractivity contribution in [3.8, 4) is 5.75 Å². The number of rotatable bonds is 10. The van der Waals surface area contributed by atoms with Gasteiger partial charge in [0.05, 0.1) is 4.47 Å². The van der Waals surface area contributed by atoms with Crippen molar-refractivity contribution >= 4 is 43.7 Å². The molecule has 2 amide bonds. The van der Waals surface area contributed by atoms with E-state index in [0.29, 0.717) is 18.1 Å². The maximum atomic E-state index is 13.5. The standard InChI is InChI=1S/C28H30Br2N2O3/c1-19(2)22-12-13-26(24(30)16-22)35-18-27(33)32(17-21-10-7-11-23(29)14-21)25(28(34)31-3)15-20-8-5-4-6-9-20/h4-14,16,19,25H,15,17-18H2,1-3H3,(H,31,34). The summed E-state index contributed by atoms with van der Waals surface area (Å²) in [5.41, 5.74) is 3.06. The average molecular weight is 602 g/mol. The number of nitrogens with zero attached hydrogens (tertiary/aromatic N) is 1. The largest absolute Gasteiger partial charge is 0.483 e. The molecule has 0 aromatic heterocycles. The van der Waals surface area contributed by atoms with E-state index in [0.717, 1.165) is 20.1 Å². The van der Waals surface area contributed by atoms with E-state index in [-0.39, 0.29) is 25.0 Å². The molecule has 3 aromatic carbocycles. The molecule has 0 radical (unpaired) electrons. The zero-order valence-electron chi connectivity index (χ0n) is 20.1. The van der Waals surface area contributed by atoms with Crippen LogP contribution in [0, 0.1) is 0 Å². The van der Waals surface area contributed by atoms with Crippen LogP contribution in [0.15, 0.2) is 81.7 Å². The molecule has 0 fully saturated rings. The molecule has 5 nitrogen and oxygen atoms in total. The third kappa shape index (κ3) is 7.67. The molecule has 1 atom stereocenters. The van der Waals surface area contributed by atoms with E-state index in [1.165, 1.54) is 5.56 Å². The molecule has 3 rings (SSSR count). The maximum Gasteiger partial charge on any atom is 0.261 e. The summed E-state index contributed by atoms with van der Waals surface area (Å²) in [7, 11) is 1.59. The Hall–Kier alpha value is -2.64. The summed E-state index contributed by atoms with van der Waals surface area (Å²) >= 11 is 7.05. The smallest absolute Gasteiger partial charge is 0.261 e. The van der Waals surface area contributed by atoms with Crippen LogP contribution in [0.2, 0.25) is 0 Å². The second kappa shape index (κ2) is 12.9. The van der Waals surface area contributed by atoms with Gasteiger partial charge < -0.3 is 15.0 Å². The molecule has 0 aliphatic carbocycles. The first-order valence-electron chi connectivity index (χ1n) is 11.5. The van der Waals surface area contributed by atoms with Gasteiger partial charge in [-0.1, -0.05) is 78.3 Å². The van der Waals surface area contributed by atoms with Crippen LogP contribution in [0.3, 0.4) is 0 Å². The van der Waals surface area contributed by atoms with E-state index in [4.69, 9.17) is 4.74 Å². The van der Waals surface area contributed by atoms with Gasteiger partial charge in [-0.2, -0.15) is 0 Å². The van der Waals surface area contributed by atoms with Gasteiger partial charge in [0, 0.05) is 24.5 Å². The van der Waals surface area contributed by atoms with Crippen LogP contribution in [0.4, 0.5) is 0 Å². The first kappa shape index (κ1) is 27.0. The predicted molar refractivity (Wildman–Crippen MR) is 146 cm³/mol. The normalized spacial score (nSPS) is 11.7. The molecule has 0 heterocycles. The molecule has 3 aromatic rings. The van der Waals surface area contributed by atoms with Crippen LogP contribution in [0.25, 0.3) is 0 Å². The zero-order chi connectivity index (χ0) is 25.4. The third-order valence-electron chi connectivity index (χ3n) is 5.73. The van der Waals surface area contributed by atoms with Crippen LogP contribution in [0.1, 0.15) is 36.5 Å². The Morgan fingerprint density at radius 2 is 1.66 bits per heavy atom. The number of hydrogen-bond donors (Lipinski definition) is 1. The van der Waals surface area contributed by atoms with E-state index in [9.17, 15) is 9.59 Å². The number of likely N-dealkylation sites (N-methyl/N-ethyl adjacent to an activating group) is 1. The maximum absolute atomic E-state index is 13.5. The molecule has 7 heteroatoms. The lowest BCUT2D eigenvalue weighted by Gasteiger charge is -2.31. The van der Waals surface area contributed by atoms with E-state index in [2.05, 4.69) is 51.0 Å². The average Bonchev–Trinajstić information content (AvgIpc) is 2.85. The summed E-state index contributed by atoms with van der Waals surface area (Å²) in [6.07, 6.45) is 0.396. The van der Waals surface area contributed by atoms with Crippen LogP contribution in [0.5, 0.6) is 5.75 Å². The first-order valence-corrected chi connectivity index (χ1v) is 13.1. The van der Waals surface area contributed by atoms with Gasteiger partial charge in [0.2, 0.25) is 5.91 Å². The molecule has 0 spiro atoms. The Morgan fingerprint density at radius 1 is 0.943 bits per heavy atom. The molecule has 0 aliphatic heterocycles. The number of ether oxygens (including phenoxy) is 1. The van der Waals surface area contributed by atoms with Gasteiger partial charge in [0.15, 0.2) is 6.61 Å². The summed E-state index contributed by atoms with van der Waals surface area (Å²) in [6.45, 7) is 4.34. The number of carbonyl (C=O) groups is 2. The molecule has 0 saturated carbocycles. The molecular weight excluding hydrogens is 572 g/mol. The summed E-state index contributed by atoms with van der Waals surface area (Å²) < 4.78 is 7.61. The molecular formula is C28H30Br2N2O3. The fourth-order valence-electron chi connectivity index (χ4n) is 3.77. The number of hydrogen-bond acceptors (Lipinski definition) is 3. The SMILES string of the molecule is CNC(=O)C(Cc1ccccc1)N(Cc1cccc(Br)c1)C(=O)COc1ccc(C(C)C)cc1Br. The van der Waals surface area contributed by atoms with E-state index in [1.807, 2.05) is 72.8 Å². The van der Waals surface area contributed by atoms with Gasteiger partial charge in [0.25, 0.3) is 5.91 Å². The first-order chi connectivity index (χ1) is 16.8. The van der Waals surface area contributed by atoms with Crippen LogP contribution in [-0.2, 0) is 22.6 Å². The van der Waals surface area contributed by atoms with Gasteiger partial charge in [-0.05, 0) is 62.8 Å². The van der Waals surface area contributed by atoms with Gasteiger partial charge in [-0.15, -0.1) is 0 Å². The van der Waals surface area contributed by atoms with Gasteiger partial charge >= 0.3 is 0 Å². The van der Waals surface area contributed by atoms with Crippen LogP contribution in [-0.4, -0.2) is 36.4 Å². The van der Waals surface area contributed by atoms with Crippen molar-refractivity contribution in [3.05, 3.63) is 98.4 Å². The van der Waals surface area contributed by atoms with Crippen molar-refractivity contribution in [2.45, 2.75) is 38.8 Å². The van der Waals surface area contributed by atoms with Gasteiger partial charge in [-0.25, -0.2) is 0 Å². The van der Waals surface area contributed by atoms with Crippen molar-refractivity contribution in [1.82, 2.24) is 10.2 Å². The Labute approximate surface area is 224 Å². The molecule has 1 unspecified atom stereocenters. The lowest BCUT2D eigenvalue weighted by Crippen LogP contribution is -2.51. The fraction of sp³-hybridized carbons (Fsp3) is 0.286.